The molecule has 2 amide bonds. The van der Waals surface area contributed by atoms with Gasteiger partial charge in [0.2, 0.25) is 11.8 Å². The molecule has 6 nitrogen and oxygen atoms in total. The molecule has 24 heavy (non-hydrogen) atoms. The molecule has 0 aliphatic carbocycles. The summed E-state index contributed by atoms with van der Waals surface area (Å²) in [6.45, 7) is 2.58. The Bertz CT molecular complexity index is 680. The van der Waals surface area contributed by atoms with Crippen molar-refractivity contribution in [1.29, 1.82) is 0 Å². The van der Waals surface area contributed by atoms with E-state index in [1.165, 1.54) is 5.56 Å². The van der Waals surface area contributed by atoms with E-state index in [-0.39, 0.29) is 24.5 Å². The zero-order valence-electron chi connectivity index (χ0n) is 13.4. The Morgan fingerprint density at radius 2 is 2.08 bits per heavy atom. The first-order valence-electron chi connectivity index (χ1n) is 8.01. The number of carbonyl (C=O) groups excluding carboxylic acids is 2. The predicted molar refractivity (Wildman–Crippen MR) is 87.0 cm³/mol. The number of nitrogens with one attached hydrogen (secondary N) is 1. The lowest BCUT2D eigenvalue weighted by atomic mass is 10.0. The second kappa shape index (κ2) is 7.47. The van der Waals surface area contributed by atoms with Gasteiger partial charge in [0.15, 0.2) is 0 Å². The Hall–Kier alpha value is -2.36. The molecule has 0 aromatic heterocycles. The smallest absolute Gasteiger partial charge is 0.243 e. The van der Waals surface area contributed by atoms with Gasteiger partial charge in [-0.2, -0.15) is 0 Å². The number of amides is 2. The minimum atomic E-state index is -0.239. The highest BCUT2D eigenvalue weighted by Gasteiger charge is 2.34. The number of imide groups is 1. The lowest BCUT2D eigenvalue weighted by molar-refractivity contribution is -0.137. The van der Waals surface area contributed by atoms with E-state index < -0.39 is 0 Å². The van der Waals surface area contributed by atoms with Crippen LogP contribution in [-0.2, 0) is 27.4 Å². The van der Waals surface area contributed by atoms with E-state index >= 15 is 0 Å². The molecule has 126 valence electrons. The number of carbonyl (C=O) groups is 2. The number of rotatable bonds is 6. The molecule has 1 atom stereocenters. The van der Waals surface area contributed by atoms with E-state index in [1.54, 1.807) is 0 Å². The Balaban J connectivity index is 1.56. The third kappa shape index (κ3) is 3.75. The third-order valence-corrected chi connectivity index (χ3v) is 4.26. The monoisotopic (exact) mass is 328 g/mol. The molecule has 1 aromatic rings. The maximum absolute atomic E-state index is 12.0. The molecule has 6 heteroatoms. The molecule has 2 aliphatic rings. The molecular formula is C18H20N2O4. The lowest BCUT2D eigenvalue weighted by Gasteiger charge is -2.29. The summed E-state index contributed by atoms with van der Waals surface area (Å²) in [5.74, 6) is 2.81. The second-order valence-electron chi connectivity index (χ2n) is 5.91. The van der Waals surface area contributed by atoms with Crippen molar-refractivity contribution in [1.82, 2.24) is 10.2 Å². The summed E-state index contributed by atoms with van der Waals surface area (Å²) in [4.78, 5) is 25.4. The van der Waals surface area contributed by atoms with Gasteiger partial charge in [0.1, 0.15) is 19.0 Å². The van der Waals surface area contributed by atoms with E-state index in [2.05, 4.69) is 16.1 Å². The van der Waals surface area contributed by atoms with Crippen LogP contribution in [0.25, 0.3) is 0 Å². The first-order chi connectivity index (χ1) is 11.7. The van der Waals surface area contributed by atoms with Crippen LogP contribution in [0.1, 0.15) is 24.0 Å². The summed E-state index contributed by atoms with van der Waals surface area (Å²) < 4.78 is 10.8. The first kappa shape index (κ1) is 16.5. The van der Waals surface area contributed by atoms with Crippen molar-refractivity contribution >= 4 is 11.8 Å². The van der Waals surface area contributed by atoms with Crippen molar-refractivity contribution in [3.8, 4) is 18.1 Å². The number of hydrogen-bond donors (Lipinski definition) is 1. The predicted octanol–water partition coefficient (Wildman–Crippen LogP) is 0.836. The lowest BCUT2D eigenvalue weighted by Crippen LogP contribution is -2.50. The SMILES string of the molecule is C#CCOCCOc1ccc2c(c1)CN(C1CCC(=O)NC1=O)C2. The van der Waals surface area contributed by atoms with Crippen molar-refractivity contribution in [2.75, 3.05) is 19.8 Å². The average molecular weight is 328 g/mol. The summed E-state index contributed by atoms with van der Waals surface area (Å²) in [7, 11) is 0. The van der Waals surface area contributed by atoms with Crippen LogP contribution in [0.2, 0.25) is 0 Å². The van der Waals surface area contributed by atoms with Crippen molar-refractivity contribution in [2.45, 2.75) is 32.0 Å². The number of nitrogens with zero attached hydrogens (tertiary/aromatic N) is 1. The molecule has 0 saturated carbocycles. The topological polar surface area (TPSA) is 67.9 Å². The first-order valence-corrected chi connectivity index (χ1v) is 8.01. The summed E-state index contributed by atoms with van der Waals surface area (Å²) in [6, 6.07) is 5.71. The van der Waals surface area contributed by atoms with Gasteiger partial charge in [-0.15, -0.1) is 6.42 Å². The summed E-state index contributed by atoms with van der Waals surface area (Å²) in [6.07, 6.45) is 6.08. The Labute approximate surface area is 141 Å². The van der Waals surface area contributed by atoms with Gasteiger partial charge in [0.25, 0.3) is 0 Å². The fraction of sp³-hybridized carbons (Fsp3) is 0.444. The van der Waals surface area contributed by atoms with E-state index in [0.29, 0.717) is 39.1 Å². The zero-order chi connectivity index (χ0) is 16.9. The van der Waals surface area contributed by atoms with Crippen LogP contribution in [0.3, 0.4) is 0 Å². The largest absolute Gasteiger partial charge is 0.491 e. The fourth-order valence-corrected chi connectivity index (χ4v) is 3.09. The molecule has 1 unspecified atom stereocenters. The molecule has 3 rings (SSSR count). The van der Waals surface area contributed by atoms with Gasteiger partial charge in [0, 0.05) is 19.5 Å². The summed E-state index contributed by atoms with van der Waals surface area (Å²) in [5, 5.41) is 2.42. The summed E-state index contributed by atoms with van der Waals surface area (Å²) >= 11 is 0. The molecule has 2 heterocycles. The standard InChI is InChI=1S/C18H20N2O4/c1-2-7-23-8-9-24-15-4-3-13-11-20(12-14(13)10-15)16-5-6-17(21)19-18(16)22/h1,3-4,10,16H,5-9,11-12H2,(H,19,21,22). The molecule has 0 spiro atoms. The van der Waals surface area contributed by atoms with Gasteiger partial charge in [-0.05, 0) is 29.7 Å². The van der Waals surface area contributed by atoms with Gasteiger partial charge in [-0.1, -0.05) is 12.0 Å². The maximum atomic E-state index is 12.0. The zero-order valence-corrected chi connectivity index (χ0v) is 13.4. The van der Waals surface area contributed by atoms with Crippen LogP contribution in [0.15, 0.2) is 18.2 Å². The minimum Gasteiger partial charge on any atom is -0.491 e. The molecule has 0 radical (unpaired) electrons. The van der Waals surface area contributed by atoms with Gasteiger partial charge in [0.05, 0.1) is 12.6 Å². The van der Waals surface area contributed by atoms with Gasteiger partial charge in [-0.3, -0.25) is 19.8 Å². The van der Waals surface area contributed by atoms with Crippen LogP contribution in [0.4, 0.5) is 0 Å². The molecule has 2 aliphatic heterocycles. The highest BCUT2D eigenvalue weighted by Crippen LogP contribution is 2.29. The average Bonchev–Trinajstić information content (AvgIpc) is 2.97. The fourth-order valence-electron chi connectivity index (χ4n) is 3.09. The molecule has 1 saturated heterocycles. The quantitative estimate of drug-likeness (QED) is 0.476. The van der Waals surface area contributed by atoms with Crippen LogP contribution in [0, 0.1) is 12.3 Å². The van der Waals surface area contributed by atoms with E-state index in [0.717, 1.165) is 11.3 Å². The number of ether oxygens (including phenoxy) is 2. The minimum absolute atomic E-state index is 0.185. The highest BCUT2D eigenvalue weighted by atomic mass is 16.5. The molecular weight excluding hydrogens is 308 g/mol. The molecule has 1 fully saturated rings. The Kier molecular flexibility index (Phi) is 5.14. The number of terminal acetylenes is 1. The highest BCUT2D eigenvalue weighted by molar-refractivity contribution is 6.00. The van der Waals surface area contributed by atoms with Crippen LogP contribution < -0.4 is 10.1 Å². The van der Waals surface area contributed by atoms with Crippen LogP contribution in [0.5, 0.6) is 5.75 Å². The van der Waals surface area contributed by atoms with E-state index in [9.17, 15) is 9.59 Å². The number of piperidine rings is 1. The van der Waals surface area contributed by atoms with Crippen molar-refractivity contribution in [2.24, 2.45) is 0 Å². The van der Waals surface area contributed by atoms with E-state index in [1.807, 2.05) is 18.2 Å². The Morgan fingerprint density at radius 1 is 1.25 bits per heavy atom. The van der Waals surface area contributed by atoms with Crippen LogP contribution >= 0.6 is 0 Å². The number of fused-ring (bicyclic) bond motifs is 1. The number of benzene rings is 1. The van der Waals surface area contributed by atoms with Gasteiger partial charge < -0.3 is 9.47 Å². The summed E-state index contributed by atoms with van der Waals surface area (Å²) in [5.41, 5.74) is 2.34. The van der Waals surface area contributed by atoms with Crippen molar-refractivity contribution < 1.29 is 19.1 Å². The third-order valence-electron chi connectivity index (χ3n) is 4.26. The second-order valence-corrected chi connectivity index (χ2v) is 5.91. The van der Waals surface area contributed by atoms with Gasteiger partial charge in [-0.25, -0.2) is 0 Å². The normalized spacial score (nSPS) is 20.4. The van der Waals surface area contributed by atoms with Crippen molar-refractivity contribution in [3.05, 3.63) is 29.3 Å². The molecule has 0 bridgehead atoms. The maximum Gasteiger partial charge on any atom is 0.243 e. The van der Waals surface area contributed by atoms with Crippen molar-refractivity contribution in [3.63, 3.8) is 0 Å². The van der Waals surface area contributed by atoms with Gasteiger partial charge >= 0.3 is 0 Å². The molecule has 1 N–H and O–H groups in total. The molecule has 1 aromatic carbocycles. The number of hydrogen-bond acceptors (Lipinski definition) is 5. The Morgan fingerprint density at radius 3 is 2.88 bits per heavy atom. The van der Waals surface area contributed by atoms with Crippen LogP contribution in [-0.4, -0.2) is 42.6 Å². The van der Waals surface area contributed by atoms with E-state index in [4.69, 9.17) is 15.9 Å².